The molecular formula is C26H28FN6O2. The molecule has 35 heavy (non-hydrogen) atoms. The average Bonchev–Trinajstić information content (AvgIpc) is 3.53. The molecule has 181 valence electrons. The number of likely N-dealkylation sites (tertiary alicyclic amines) is 2. The van der Waals surface area contributed by atoms with E-state index in [9.17, 15) is 14.0 Å². The Bertz CT molecular complexity index is 1230. The minimum absolute atomic E-state index is 0.117. The van der Waals surface area contributed by atoms with Crippen molar-refractivity contribution in [2.75, 3.05) is 38.5 Å². The van der Waals surface area contributed by atoms with Crippen molar-refractivity contribution in [3.63, 3.8) is 0 Å². The van der Waals surface area contributed by atoms with Crippen LogP contribution in [-0.4, -0.2) is 64.1 Å². The van der Waals surface area contributed by atoms with Crippen LogP contribution in [0.3, 0.4) is 0 Å². The Kier molecular flexibility index (Phi) is 6.25. The summed E-state index contributed by atoms with van der Waals surface area (Å²) in [5.74, 6) is 0.221. The predicted octanol–water partition coefficient (Wildman–Crippen LogP) is 2.34. The molecule has 2 aliphatic rings. The fraction of sp³-hybridized carbons (Fsp3) is 0.308. The zero-order valence-electron chi connectivity index (χ0n) is 19.3. The Morgan fingerprint density at radius 1 is 1.00 bits per heavy atom. The number of carbonyl (C=O) groups excluding carboxylic acids is 2. The Morgan fingerprint density at radius 2 is 1.69 bits per heavy atom. The van der Waals surface area contributed by atoms with Crippen molar-refractivity contribution in [3.05, 3.63) is 83.7 Å². The van der Waals surface area contributed by atoms with Crippen LogP contribution in [0.1, 0.15) is 32.7 Å². The standard InChI is InChI=1S/C26H28FN6O2/c27-20-7-9-21(10-8-20)33-24(28)23(12-30-33)26(35)32-15-18-13-31(14-19(18)16-32)11-3-5-17-4-1-2-6-22(17)25(29)34/h1-2,4-10,12,18-19H,3,11,13-16,28H2,(H2,29,34)/t18-,19?/m0/s1. The monoisotopic (exact) mass is 475 g/mol. The Labute approximate surface area is 203 Å². The first-order valence-corrected chi connectivity index (χ1v) is 11.7. The quantitative estimate of drug-likeness (QED) is 0.545. The van der Waals surface area contributed by atoms with Crippen LogP contribution in [0, 0.1) is 24.1 Å². The average molecular weight is 476 g/mol. The van der Waals surface area contributed by atoms with Gasteiger partial charge in [-0.05, 0) is 67.1 Å². The first-order valence-electron chi connectivity index (χ1n) is 11.7. The number of nitrogens with two attached hydrogens (primary N) is 2. The van der Waals surface area contributed by atoms with Crippen LogP contribution >= 0.6 is 0 Å². The summed E-state index contributed by atoms with van der Waals surface area (Å²) in [6.45, 7) is 4.14. The molecule has 2 fully saturated rings. The van der Waals surface area contributed by atoms with Crippen LogP contribution in [0.5, 0.6) is 0 Å². The van der Waals surface area contributed by atoms with Gasteiger partial charge in [-0.15, -0.1) is 0 Å². The third-order valence-electron chi connectivity index (χ3n) is 6.99. The molecule has 3 heterocycles. The van der Waals surface area contributed by atoms with E-state index in [-0.39, 0.29) is 17.5 Å². The lowest BCUT2D eigenvalue weighted by Crippen LogP contribution is -2.33. The minimum Gasteiger partial charge on any atom is -0.383 e. The number of aromatic nitrogens is 2. The fourth-order valence-electron chi connectivity index (χ4n) is 5.22. The highest BCUT2D eigenvalue weighted by Crippen LogP contribution is 2.33. The molecule has 1 aromatic heterocycles. The van der Waals surface area contributed by atoms with Gasteiger partial charge in [0.1, 0.15) is 17.2 Å². The maximum Gasteiger partial charge on any atom is 0.259 e. The van der Waals surface area contributed by atoms with E-state index in [0.29, 0.717) is 41.7 Å². The number of primary amides is 1. The molecule has 0 saturated carbocycles. The number of anilines is 1. The number of benzene rings is 2. The van der Waals surface area contributed by atoms with Crippen LogP contribution in [0.25, 0.3) is 5.69 Å². The molecule has 0 spiro atoms. The minimum atomic E-state index is -0.416. The SMILES string of the molecule is NC(=O)c1ccccc1[CH]CCN1CC2CN(C(=O)c3cnn(-c4ccc(F)cc4)c3N)C[C@@H]2C1. The van der Waals surface area contributed by atoms with Crippen molar-refractivity contribution < 1.29 is 14.0 Å². The molecule has 2 saturated heterocycles. The summed E-state index contributed by atoms with van der Waals surface area (Å²) >= 11 is 0. The van der Waals surface area contributed by atoms with E-state index in [1.165, 1.54) is 23.0 Å². The van der Waals surface area contributed by atoms with E-state index in [1.807, 2.05) is 23.1 Å². The van der Waals surface area contributed by atoms with Crippen LogP contribution in [0.15, 0.2) is 54.7 Å². The summed E-state index contributed by atoms with van der Waals surface area (Å²) in [5, 5.41) is 4.25. The summed E-state index contributed by atoms with van der Waals surface area (Å²) in [4.78, 5) is 29.1. The van der Waals surface area contributed by atoms with E-state index in [0.717, 1.165) is 31.6 Å². The molecular weight excluding hydrogens is 447 g/mol. The topological polar surface area (TPSA) is 110 Å². The molecule has 2 aliphatic heterocycles. The van der Waals surface area contributed by atoms with Gasteiger partial charge in [0.2, 0.25) is 5.91 Å². The first kappa shape index (κ1) is 23.0. The van der Waals surface area contributed by atoms with Crippen molar-refractivity contribution in [1.82, 2.24) is 19.6 Å². The van der Waals surface area contributed by atoms with Gasteiger partial charge in [-0.2, -0.15) is 5.10 Å². The lowest BCUT2D eigenvalue weighted by Gasteiger charge is -2.21. The van der Waals surface area contributed by atoms with Gasteiger partial charge in [-0.25, -0.2) is 9.07 Å². The number of amides is 2. The zero-order chi connectivity index (χ0) is 24.5. The normalized spacial score (nSPS) is 19.7. The predicted molar refractivity (Wildman–Crippen MR) is 130 cm³/mol. The molecule has 1 unspecified atom stereocenters. The van der Waals surface area contributed by atoms with Crippen molar-refractivity contribution in [3.8, 4) is 5.69 Å². The summed E-state index contributed by atoms with van der Waals surface area (Å²) in [7, 11) is 0. The number of nitrogens with zero attached hydrogens (tertiary/aromatic N) is 4. The number of carbonyl (C=O) groups is 2. The van der Waals surface area contributed by atoms with Gasteiger partial charge in [0.15, 0.2) is 0 Å². The molecule has 9 heteroatoms. The van der Waals surface area contributed by atoms with Gasteiger partial charge >= 0.3 is 0 Å². The molecule has 2 aromatic carbocycles. The lowest BCUT2D eigenvalue weighted by molar-refractivity contribution is 0.0775. The fourth-order valence-corrected chi connectivity index (χ4v) is 5.22. The Hall–Kier alpha value is -3.72. The highest BCUT2D eigenvalue weighted by atomic mass is 19.1. The van der Waals surface area contributed by atoms with Gasteiger partial charge in [0, 0.05) is 31.7 Å². The second kappa shape index (κ2) is 9.50. The van der Waals surface area contributed by atoms with E-state index in [4.69, 9.17) is 11.5 Å². The molecule has 4 N–H and O–H groups in total. The largest absolute Gasteiger partial charge is 0.383 e. The third kappa shape index (κ3) is 4.64. The van der Waals surface area contributed by atoms with Gasteiger partial charge in [0.25, 0.3) is 5.91 Å². The van der Waals surface area contributed by atoms with Crippen LogP contribution in [0.4, 0.5) is 10.2 Å². The maximum atomic E-state index is 13.2. The number of rotatable bonds is 7. The van der Waals surface area contributed by atoms with E-state index < -0.39 is 5.91 Å². The summed E-state index contributed by atoms with van der Waals surface area (Å²) < 4.78 is 14.7. The van der Waals surface area contributed by atoms with E-state index in [1.54, 1.807) is 18.2 Å². The van der Waals surface area contributed by atoms with E-state index in [2.05, 4.69) is 16.4 Å². The summed E-state index contributed by atoms with van der Waals surface area (Å²) in [6, 6.07) is 13.2. The van der Waals surface area contributed by atoms with Crippen LogP contribution in [0.2, 0.25) is 0 Å². The zero-order valence-corrected chi connectivity index (χ0v) is 19.3. The molecule has 8 nitrogen and oxygen atoms in total. The van der Waals surface area contributed by atoms with Crippen LogP contribution < -0.4 is 11.5 Å². The maximum absolute atomic E-state index is 13.2. The van der Waals surface area contributed by atoms with Crippen LogP contribution in [-0.2, 0) is 0 Å². The summed E-state index contributed by atoms with van der Waals surface area (Å²) in [6.07, 6.45) is 4.37. The van der Waals surface area contributed by atoms with Crippen molar-refractivity contribution in [2.45, 2.75) is 6.42 Å². The molecule has 0 bridgehead atoms. The summed E-state index contributed by atoms with van der Waals surface area (Å²) in [5.41, 5.74) is 14.1. The Morgan fingerprint density at radius 3 is 2.37 bits per heavy atom. The number of halogens is 1. The number of nitrogen functional groups attached to an aromatic ring is 1. The highest BCUT2D eigenvalue weighted by Gasteiger charge is 2.42. The molecule has 3 aromatic rings. The van der Waals surface area contributed by atoms with E-state index >= 15 is 0 Å². The molecule has 0 aliphatic carbocycles. The number of hydrogen-bond acceptors (Lipinski definition) is 5. The molecule has 1 radical (unpaired) electrons. The second-order valence-electron chi connectivity index (χ2n) is 9.27. The second-order valence-corrected chi connectivity index (χ2v) is 9.27. The molecule has 2 amide bonds. The molecule has 5 rings (SSSR count). The molecule has 2 atom stereocenters. The van der Waals surface area contributed by atoms with Gasteiger partial charge in [-0.3, -0.25) is 9.59 Å². The van der Waals surface area contributed by atoms with Crippen molar-refractivity contribution in [1.29, 1.82) is 0 Å². The van der Waals surface area contributed by atoms with Crippen molar-refractivity contribution in [2.24, 2.45) is 17.6 Å². The number of hydrogen-bond donors (Lipinski definition) is 2. The number of fused-ring (bicyclic) bond motifs is 1. The third-order valence-corrected chi connectivity index (χ3v) is 6.99. The lowest BCUT2D eigenvalue weighted by atomic mass is 10.0. The first-order chi connectivity index (χ1) is 16.9. The van der Waals surface area contributed by atoms with Gasteiger partial charge < -0.3 is 21.3 Å². The smallest absolute Gasteiger partial charge is 0.259 e. The van der Waals surface area contributed by atoms with Gasteiger partial charge in [-0.1, -0.05) is 18.2 Å². The van der Waals surface area contributed by atoms with Gasteiger partial charge in [0.05, 0.1) is 11.9 Å². The Balaban J connectivity index is 1.15. The highest BCUT2D eigenvalue weighted by molar-refractivity contribution is 5.98. The van der Waals surface area contributed by atoms with Crippen molar-refractivity contribution >= 4 is 17.6 Å².